The fourth-order valence-electron chi connectivity index (χ4n) is 2.70. The summed E-state index contributed by atoms with van der Waals surface area (Å²) < 4.78 is 31.6. The van der Waals surface area contributed by atoms with Gasteiger partial charge in [0.25, 0.3) is 10.0 Å². The van der Waals surface area contributed by atoms with Crippen molar-refractivity contribution in [1.82, 2.24) is 4.31 Å². The van der Waals surface area contributed by atoms with Gasteiger partial charge in [-0.15, -0.1) is 0 Å². The van der Waals surface area contributed by atoms with Gasteiger partial charge >= 0.3 is 6.09 Å². The van der Waals surface area contributed by atoms with Crippen molar-refractivity contribution in [2.75, 3.05) is 6.61 Å². The van der Waals surface area contributed by atoms with Gasteiger partial charge < -0.3 is 9.53 Å². The minimum absolute atomic E-state index is 0.0384. The van der Waals surface area contributed by atoms with E-state index in [1.54, 1.807) is 12.1 Å². The predicted octanol–water partition coefficient (Wildman–Crippen LogP) is 2.82. The third-order valence-electron chi connectivity index (χ3n) is 3.98. The van der Waals surface area contributed by atoms with Gasteiger partial charge in [-0.2, -0.15) is 4.31 Å². The van der Waals surface area contributed by atoms with Gasteiger partial charge in [0, 0.05) is 6.42 Å². The van der Waals surface area contributed by atoms with Crippen molar-refractivity contribution in [1.29, 1.82) is 0 Å². The Morgan fingerprint density at radius 2 is 1.92 bits per heavy atom. The van der Waals surface area contributed by atoms with Crippen LogP contribution in [0.2, 0.25) is 0 Å². The minimum atomic E-state index is -4.02. The number of rotatable bonds is 6. The SMILES string of the molecule is CC(C)=C(CCC=O)C1COC(=O)N1S(=O)(=O)c1ccc(C)cc1. The highest BCUT2D eigenvalue weighted by atomic mass is 32.2. The van der Waals surface area contributed by atoms with E-state index in [0.29, 0.717) is 6.42 Å². The smallest absolute Gasteiger partial charge is 0.424 e. The Morgan fingerprint density at radius 3 is 2.46 bits per heavy atom. The Morgan fingerprint density at radius 1 is 1.29 bits per heavy atom. The van der Waals surface area contributed by atoms with Crippen molar-refractivity contribution >= 4 is 22.4 Å². The molecule has 0 bridgehead atoms. The summed E-state index contributed by atoms with van der Waals surface area (Å²) in [5.74, 6) is 0. The van der Waals surface area contributed by atoms with E-state index in [4.69, 9.17) is 4.74 Å². The number of allylic oxidation sites excluding steroid dienone is 1. The zero-order chi connectivity index (χ0) is 17.9. The molecule has 0 saturated carbocycles. The highest BCUT2D eigenvalue weighted by Crippen LogP contribution is 2.30. The molecule has 0 aromatic heterocycles. The van der Waals surface area contributed by atoms with Crippen molar-refractivity contribution in [3.8, 4) is 0 Å². The maximum atomic E-state index is 12.9. The van der Waals surface area contributed by atoms with Crippen LogP contribution < -0.4 is 0 Å². The topological polar surface area (TPSA) is 80.8 Å². The number of benzene rings is 1. The molecule has 1 heterocycles. The van der Waals surface area contributed by atoms with Crippen LogP contribution in [0, 0.1) is 6.92 Å². The van der Waals surface area contributed by atoms with E-state index >= 15 is 0 Å². The third-order valence-corrected chi connectivity index (χ3v) is 5.77. The molecular formula is C17H21NO5S. The molecule has 0 radical (unpaired) electrons. The lowest BCUT2D eigenvalue weighted by Gasteiger charge is -2.24. The van der Waals surface area contributed by atoms with Gasteiger partial charge in [0.2, 0.25) is 0 Å². The molecular weight excluding hydrogens is 330 g/mol. The molecule has 130 valence electrons. The van der Waals surface area contributed by atoms with Gasteiger partial charge in [-0.3, -0.25) is 0 Å². The van der Waals surface area contributed by atoms with Gasteiger partial charge in [-0.25, -0.2) is 13.2 Å². The molecule has 0 aliphatic carbocycles. The molecule has 0 N–H and O–H groups in total. The second-order valence-electron chi connectivity index (χ2n) is 5.94. The molecule has 1 aliphatic heterocycles. The Bertz CT molecular complexity index is 761. The molecule has 1 aromatic carbocycles. The van der Waals surface area contributed by atoms with Gasteiger partial charge in [0.05, 0.1) is 4.90 Å². The van der Waals surface area contributed by atoms with Crippen molar-refractivity contribution in [2.45, 2.75) is 44.6 Å². The molecule has 7 heteroatoms. The zero-order valence-corrected chi connectivity index (χ0v) is 14.8. The Kier molecular flexibility index (Phi) is 5.43. The lowest BCUT2D eigenvalue weighted by Crippen LogP contribution is -2.40. The van der Waals surface area contributed by atoms with Gasteiger partial charge in [-0.1, -0.05) is 23.3 Å². The number of cyclic esters (lactones) is 1. The fraction of sp³-hybridized carbons (Fsp3) is 0.412. The van der Waals surface area contributed by atoms with Crippen molar-refractivity contribution in [2.24, 2.45) is 0 Å². The van der Waals surface area contributed by atoms with E-state index < -0.39 is 22.2 Å². The first kappa shape index (κ1) is 18.2. The summed E-state index contributed by atoms with van der Waals surface area (Å²) in [4.78, 5) is 22.8. The average Bonchev–Trinajstić information content (AvgIpc) is 2.90. The molecule has 1 aliphatic rings. The van der Waals surface area contributed by atoms with Crippen LogP contribution in [0.15, 0.2) is 40.3 Å². The Hall–Kier alpha value is -2.15. The van der Waals surface area contributed by atoms with E-state index in [0.717, 1.165) is 27.3 Å². The van der Waals surface area contributed by atoms with Crippen LogP contribution in [0.4, 0.5) is 4.79 Å². The van der Waals surface area contributed by atoms with Crippen LogP contribution >= 0.6 is 0 Å². The second kappa shape index (κ2) is 7.17. The zero-order valence-electron chi connectivity index (χ0n) is 14.0. The van der Waals surface area contributed by atoms with E-state index in [2.05, 4.69) is 0 Å². The van der Waals surface area contributed by atoms with Crippen LogP contribution in [0.3, 0.4) is 0 Å². The molecule has 0 spiro atoms. The standard InChI is InChI=1S/C17H21NO5S/c1-12(2)15(5-4-10-19)16-11-23-17(20)18(16)24(21,22)14-8-6-13(3)7-9-14/h6-10,16H,4-5,11H2,1-3H3. The molecule has 1 atom stereocenters. The quantitative estimate of drug-likeness (QED) is 0.581. The molecule has 1 amide bonds. The van der Waals surface area contributed by atoms with Gasteiger partial charge in [-0.05, 0) is 44.9 Å². The highest BCUT2D eigenvalue weighted by molar-refractivity contribution is 7.89. The number of carbonyl (C=O) groups excluding carboxylic acids is 2. The molecule has 24 heavy (non-hydrogen) atoms. The number of nitrogens with zero attached hydrogens (tertiary/aromatic N) is 1. The predicted molar refractivity (Wildman–Crippen MR) is 89.0 cm³/mol. The molecule has 1 aromatic rings. The van der Waals surface area contributed by atoms with Crippen LogP contribution in [0.5, 0.6) is 0 Å². The number of carbonyl (C=O) groups is 2. The normalized spacial score (nSPS) is 17.5. The molecule has 1 saturated heterocycles. The number of sulfonamides is 1. The van der Waals surface area contributed by atoms with E-state index in [1.165, 1.54) is 12.1 Å². The first-order valence-corrected chi connectivity index (χ1v) is 9.10. The number of amides is 1. The summed E-state index contributed by atoms with van der Waals surface area (Å²) in [6.45, 7) is 5.48. The second-order valence-corrected chi connectivity index (χ2v) is 7.75. The lowest BCUT2D eigenvalue weighted by molar-refractivity contribution is -0.107. The largest absolute Gasteiger partial charge is 0.446 e. The van der Waals surface area contributed by atoms with Gasteiger partial charge in [0.1, 0.15) is 18.9 Å². The van der Waals surface area contributed by atoms with Gasteiger partial charge in [0.15, 0.2) is 0 Å². The summed E-state index contributed by atoms with van der Waals surface area (Å²) in [5, 5.41) is 0. The molecule has 1 fully saturated rings. The van der Waals surface area contributed by atoms with Crippen LogP contribution in [0.1, 0.15) is 32.3 Å². The first-order chi connectivity index (χ1) is 11.3. The first-order valence-electron chi connectivity index (χ1n) is 7.66. The summed E-state index contributed by atoms with van der Waals surface area (Å²) in [6.07, 6.45) is 0.557. The molecule has 1 unspecified atom stereocenters. The number of hydrogen-bond acceptors (Lipinski definition) is 5. The number of hydrogen-bond donors (Lipinski definition) is 0. The van der Waals surface area contributed by atoms with Crippen molar-refractivity contribution in [3.05, 3.63) is 41.0 Å². The highest BCUT2D eigenvalue weighted by Gasteiger charge is 2.44. The van der Waals surface area contributed by atoms with Crippen molar-refractivity contribution < 1.29 is 22.7 Å². The van der Waals surface area contributed by atoms with E-state index in [-0.39, 0.29) is 17.9 Å². The lowest BCUT2D eigenvalue weighted by atomic mass is 9.98. The summed E-state index contributed by atoms with van der Waals surface area (Å²) in [6, 6.07) is 5.59. The molecule has 2 rings (SSSR count). The monoisotopic (exact) mass is 351 g/mol. The fourth-order valence-corrected chi connectivity index (χ4v) is 4.18. The summed E-state index contributed by atoms with van der Waals surface area (Å²) >= 11 is 0. The average molecular weight is 351 g/mol. The summed E-state index contributed by atoms with van der Waals surface area (Å²) in [5.41, 5.74) is 2.54. The maximum Gasteiger partial charge on any atom is 0.424 e. The Balaban J connectivity index is 2.45. The maximum absolute atomic E-state index is 12.9. The summed E-state index contributed by atoms with van der Waals surface area (Å²) in [7, 11) is -4.02. The van der Waals surface area contributed by atoms with E-state index in [9.17, 15) is 18.0 Å². The third kappa shape index (κ3) is 3.51. The van der Waals surface area contributed by atoms with Crippen LogP contribution in [0.25, 0.3) is 0 Å². The van der Waals surface area contributed by atoms with E-state index in [1.807, 2.05) is 20.8 Å². The number of aryl methyl sites for hydroxylation is 1. The minimum Gasteiger partial charge on any atom is -0.446 e. The van der Waals surface area contributed by atoms with Crippen LogP contribution in [-0.2, 0) is 19.6 Å². The van der Waals surface area contributed by atoms with Crippen molar-refractivity contribution in [3.63, 3.8) is 0 Å². The molecule has 6 nitrogen and oxygen atoms in total. The Labute approximate surface area is 142 Å². The van der Waals surface area contributed by atoms with Crippen LogP contribution in [-0.4, -0.2) is 37.8 Å². The number of ether oxygens (including phenoxy) is 1. The number of aldehydes is 1.